The number of carbonyl (C=O) groups excluding carboxylic acids is 1. The van der Waals surface area contributed by atoms with Crippen LogP contribution >= 0.6 is 22.9 Å². The molecule has 0 amide bonds. The Hall–Kier alpha value is -3.66. The Morgan fingerprint density at radius 1 is 0.892 bits per heavy atom. The van der Waals surface area contributed by atoms with Crippen molar-refractivity contribution in [3.8, 4) is 5.75 Å². The molecule has 182 valence electrons. The van der Waals surface area contributed by atoms with Gasteiger partial charge in [-0.15, -0.1) is 22.9 Å². The van der Waals surface area contributed by atoms with Crippen molar-refractivity contribution >= 4 is 70.6 Å². The molecule has 0 radical (unpaired) electrons. The minimum Gasteiger partial charge on any atom is -0.423 e. The van der Waals surface area contributed by atoms with Gasteiger partial charge in [-0.25, -0.2) is 4.79 Å². The topological polar surface area (TPSA) is 26.3 Å². The molecule has 0 fully saturated rings. The molecule has 1 aromatic heterocycles. The first kappa shape index (κ1) is 23.7. The van der Waals surface area contributed by atoms with Gasteiger partial charge in [-0.05, 0) is 64.6 Å². The number of ether oxygens (including phenoxy) is 1. The molecule has 0 spiro atoms. The van der Waals surface area contributed by atoms with Crippen LogP contribution in [0.3, 0.4) is 0 Å². The van der Waals surface area contributed by atoms with Crippen molar-refractivity contribution in [2.75, 3.05) is 0 Å². The minimum atomic E-state index is -0.479. The van der Waals surface area contributed by atoms with Gasteiger partial charge in [0.2, 0.25) is 0 Å². The van der Waals surface area contributed by atoms with Crippen LogP contribution in [0.4, 0.5) is 0 Å². The molecule has 0 saturated carbocycles. The van der Waals surface area contributed by atoms with Gasteiger partial charge in [0.25, 0.3) is 0 Å². The Balaban J connectivity index is 1.36. The predicted molar refractivity (Wildman–Crippen MR) is 158 cm³/mol. The molecule has 2 nitrogen and oxygen atoms in total. The number of carbonyl (C=O) groups is 1. The third kappa shape index (κ3) is 4.39. The standard InChI is InChI=1S/C33H25ClO2S/c1-2-30(35)36-28-17-8-7-15-26(28)27(34)16-9-12-23-20-22-11-4-6-14-25(22)32-31-24-13-5-3-10-21(24)18-19-29(31)37-33(23)32/h2-8,10-11,13-15,17-20,27H,1,9,12,16H2. The van der Waals surface area contributed by atoms with Gasteiger partial charge in [0.15, 0.2) is 0 Å². The highest BCUT2D eigenvalue weighted by molar-refractivity contribution is 7.26. The first-order valence-electron chi connectivity index (χ1n) is 12.5. The number of esters is 1. The first-order chi connectivity index (χ1) is 18.1. The average molecular weight is 521 g/mol. The SMILES string of the molecule is C=CC(=O)Oc1ccccc1C(Cl)CCCc1cc2ccccc2c2c1sc1ccc3ccccc3c12. The van der Waals surface area contributed by atoms with Gasteiger partial charge in [-0.1, -0.05) is 79.4 Å². The van der Waals surface area contributed by atoms with Crippen molar-refractivity contribution < 1.29 is 9.53 Å². The van der Waals surface area contributed by atoms with Crippen LogP contribution in [0.5, 0.6) is 5.75 Å². The summed E-state index contributed by atoms with van der Waals surface area (Å²) < 4.78 is 8.09. The van der Waals surface area contributed by atoms with E-state index in [1.807, 2.05) is 29.5 Å². The quantitative estimate of drug-likeness (QED) is 0.0905. The largest absolute Gasteiger partial charge is 0.423 e. The fourth-order valence-corrected chi connectivity index (χ4v) is 6.86. The highest BCUT2D eigenvalue weighted by atomic mass is 35.5. The Morgan fingerprint density at radius 2 is 1.59 bits per heavy atom. The number of alkyl halides is 1. The summed E-state index contributed by atoms with van der Waals surface area (Å²) in [6.07, 6.45) is 3.77. The maximum atomic E-state index is 11.8. The second-order valence-corrected chi connectivity index (χ2v) is 10.8. The van der Waals surface area contributed by atoms with E-state index in [1.165, 1.54) is 53.4 Å². The molecule has 0 N–H and O–H groups in total. The number of fused-ring (bicyclic) bond motifs is 7. The molecule has 6 aromatic rings. The van der Waals surface area contributed by atoms with E-state index < -0.39 is 5.97 Å². The van der Waals surface area contributed by atoms with E-state index >= 15 is 0 Å². The number of thiophene rings is 1. The summed E-state index contributed by atoms with van der Waals surface area (Å²) in [5.74, 6) is 0.0176. The Bertz CT molecular complexity index is 1800. The minimum absolute atomic E-state index is 0.254. The zero-order valence-corrected chi connectivity index (χ0v) is 21.8. The molecular weight excluding hydrogens is 496 g/mol. The zero-order valence-electron chi connectivity index (χ0n) is 20.2. The van der Waals surface area contributed by atoms with Crippen molar-refractivity contribution in [3.05, 3.63) is 115 Å². The van der Waals surface area contributed by atoms with Gasteiger partial charge in [-0.3, -0.25) is 0 Å². The lowest BCUT2D eigenvalue weighted by atomic mass is 9.95. The number of hydrogen-bond donors (Lipinski definition) is 0. The highest BCUT2D eigenvalue weighted by Crippen LogP contribution is 2.44. The number of aryl methyl sites for hydroxylation is 1. The van der Waals surface area contributed by atoms with E-state index in [1.54, 1.807) is 6.07 Å². The van der Waals surface area contributed by atoms with E-state index in [0.717, 1.165) is 24.8 Å². The van der Waals surface area contributed by atoms with Gasteiger partial charge in [0, 0.05) is 31.8 Å². The van der Waals surface area contributed by atoms with Crippen molar-refractivity contribution in [1.82, 2.24) is 0 Å². The summed E-state index contributed by atoms with van der Waals surface area (Å²) in [6.45, 7) is 3.49. The normalized spacial score (nSPS) is 12.4. The number of para-hydroxylation sites is 1. The molecule has 4 heteroatoms. The summed E-state index contributed by atoms with van der Waals surface area (Å²) in [4.78, 5) is 11.8. The molecule has 0 aliphatic heterocycles. The summed E-state index contributed by atoms with van der Waals surface area (Å²) >= 11 is 8.72. The second-order valence-electron chi connectivity index (χ2n) is 9.25. The predicted octanol–water partition coefficient (Wildman–Crippen LogP) is 9.76. The molecule has 0 aliphatic rings. The molecule has 1 atom stereocenters. The van der Waals surface area contributed by atoms with E-state index in [9.17, 15) is 4.79 Å². The maximum absolute atomic E-state index is 11.8. The number of benzene rings is 5. The van der Waals surface area contributed by atoms with Gasteiger partial charge in [-0.2, -0.15) is 0 Å². The van der Waals surface area contributed by atoms with E-state index in [-0.39, 0.29) is 5.38 Å². The lowest BCUT2D eigenvalue weighted by Crippen LogP contribution is -2.06. The van der Waals surface area contributed by atoms with Gasteiger partial charge < -0.3 is 4.74 Å². The Labute approximate surface area is 224 Å². The first-order valence-corrected chi connectivity index (χ1v) is 13.7. The van der Waals surface area contributed by atoms with Crippen LogP contribution in [0.1, 0.15) is 29.3 Å². The highest BCUT2D eigenvalue weighted by Gasteiger charge is 2.18. The second kappa shape index (κ2) is 10.0. The number of hydrogen-bond acceptors (Lipinski definition) is 3. The van der Waals surface area contributed by atoms with Gasteiger partial charge in [0.1, 0.15) is 5.75 Å². The summed E-state index contributed by atoms with van der Waals surface area (Å²) in [6, 6.07) is 31.6. The van der Waals surface area contributed by atoms with E-state index in [0.29, 0.717) is 5.75 Å². The average Bonchev–Trinajstić information content (AvgIpc) is 3.34. The summed E-state index contributed by atoms with van der Waals surface area (Å²) in [5.41, 5.74) is 2.19. The van der Waals surface area contributed by atoms with Crippen LogP contribution < -0.4 is 4.74 Å². The molecule has 5 aromatic carbocycles. The molecule has 37 heavy (non-hydrogen) atoms. The van der Waals surface area contributed by atoms with Crippen LogP contribution in [0.2, 0.25) is 0 Å². The van der Waals surface area contributed by atoms with Crippen LogP contribution in [0.25, 0.3) is 41.7 Å². The number of rotatable bonds is 7. The molecule has 0 saturated heterocycles. The van der Waals surface area contributed by atoms with Crippen LogP contribution in [0.15, 0.2) is 104 Å². The molecule has 1 heterocycles. The van der Waals surface area contributed by atoms with Crippen LogP contribution in [0, 0.1) is 0 Å². The molecular formula is C33H25ClO2S. The van der Waals surface area contributed by atoms with Gasteiger partial charge in [0.05, 0.1) is 5.38 Å². The maximum Gasteiger partial charge on any atom is 0.335 e. The summed E-state index contributed by atoms with van der Waals surface area (Å²) in [5, 5.41) is 7.60. The monoisotopic (exact) mass is 520 g/mol. The Kier molecular flexibility index (Phi) is 6.42. The fraction of sp³-hybridized carbons (Fsp3) is 0.121. The number of halogens is 1. The van der Waals surface area contributed by atoms with Crippen molar-refractivity contribution in [1.29, 1.82) is 0 Å². The van der Waals surface area contributed by atoms with Gasteiger partial charge >= 0.3 is 5.97 Å². The lowest BCUT2D eigenvalue weighted by Gasteiger charge is -2.14. The fourth-order valence-electron chi connectivity index (χ4n) is 5.25. The van der Waals surface area contributed by atoms with E-state index in [2.05, 4.69) is 73.3 Å². The molecule has 0 bridgehead atoms. The Morgan fingerprint density at radius 3 is 2.41 bits per heavy atom. The molecule has 1 unspecified atom stereocenters. The van der Waals surface area contributed by atoms with Crippen molar-refractivity contribution in [2.45, 2.75) is 24.6 Å². The van der Waals surface area contributed by atoms with E-state index in [4.69, 9.17) is 16.3 Å². The lowest BCUT2D eigenvalue weighted by molar-refractivity contribution is -0.129. The third-order valence-corrected chi connectivity index (χ3v) is 8.65. The molecule has 6 rings (SSSR count). The van der Waals surface area contributed by atoms with Crippen molar-refractivity contribution in [2.24, 2.45) is 0 Å². The van der Waals surface area contributed by atoms with Crippen molar-refractivity contribution in [3.63, 3.8) is 0 Å². The summed E-state index contributed by atoms with van der Waals surface area (Å²) in [7, 11) is 0. The third-order valence-electron chi connectivity index (χ3n) is 6.97. The zero-order chi connectivity index (χ0) is 25.4. The van der Waals surface area contributed by atoms with Crippen LogP contribution in [-0.2, 0) is 11.2 Å². The smallest absolute Gasteiger partial charge is 0.335 e. The molecule has 0 aliphatic carbocycles. The van der Waals surface area contributed by atoms with Crippen LogP contribution in [-0.4, -0.2) is 5.97 Å².